The first kappa shape index (κ1) is 47.3. The van der Waals surface area contributed by atoms with Gasteiger partial charge in [0.25, 0.3) is 20.2 Å². The van der Waals surface area contributed by atoms with Gasteiger partial charge in [-0.1, -0.05) is 57.2 Å². The molecule has 0 radical (unpaired) electrons. The number of nitrogens with zero attached hydrogens (tertiary/aromatic N) is 4. The molecule has 0 spiro atoms. The summed E-state index contributed by atoms with van der Waals surface area (Å²) in [6.45, 7) is 14.1. The largest absolute Gasteiger partial charge is 0.344 e. The van der Waals surface area contributed by atoms with E-state index in [1.54, 1.807) is 12.1 Å². The Morgan fingerprint density at radius 3 is 1.92 bits per heavy atom. The summed E-state index contributed by atoms with van der Waals surface area (Å²) >= 11 is 0. The van der Waals surface area contributed by atoms with Gasteiger partial charge in [0.15, 0.2) is 12.3 Å². The van der Waals surface area contributed by atoms with Crippen LogP contribution in [0.5, 0.6) is 0 Å². The van der Waals surface area contributed by atoms with Crippen molar-refractivity contribution in [3.05, 3.63) is 124 Å². The first-order valence-electron chi connectivity index (χ1n) is 21.9. The molecule has 0 bridgehead atoms. The van der Waals surface area contributed by atoms with Gasteiger partial charge in [-0.15, -0.1) is 0 Å². The van der Waals surface area contributed by atoms with Crippen molar-refractivity contribution in [1.29, 1.82) is 0 Å². The number of anilines is 1. The van der Waals surface area contributed by atoms with Crippen LogP contribution in [0, 0.1) is 0 Å². The van der Waals surface area contributed by atoms with E-state index in [1.165, 1.54) is 34.4 Å². The molecule has 0 atom stereocenters. The Hall–Kier alpha value is -4.17. The molecule has 334 valence electrons. The minimum Gasteiger partial charge on any atom is -0.344 e. The number of aryl methyl sites for hydroxylation is 1. The summed E-state index contributed by atoms with van der Waals surface area (Å²) in [5, 5.41) is 0. The second-order valence-electron chi connectivity index (χ2n) is 20.4. The van der Waals surface area contributed by atoms with Crippen LogP contribution in [0.3, 0.4) is 0 Å². The summed E-state index contributed by atoms with van der Waals surface area (Å²) in [5.41, 5.74) is 10.8. The van der Waals surface area contributed by atoms with Gasteiger partial charge in [-0.2, -0.15) is 21.4 Å². The minimum atomic E-state index is -4.39. The fraction of sp³-hybridized carbons (Fsp3) is 0.460. The first-order chi connectivity index (χ1) is 28.7. The molecule has 0 amide bonds. The van der Waals surface area contributed by atoms with Gasteiger partial charge in [-0.05, 0) is 109 Å². The Labute approximate surface area is 372 Å². The van der Waals surface area contributed by atoms with Crippen LogP contribution < -0.4 is 4.90 Å². The van der Waals surface area contributed by atoms with Gasteiger partial charge in [-0.3, -0.25) is 9.11 Å². The van der Waals surface area contributed by atoms with E-state index in [2.05, 4.69) is 135 Å². The maximum Gasteiger partial charge on any atom is 0.294 e. The summed E-state index contributed by atoms with van der Waals surface area (Å²) in [4.78, 5) is 2.13. The first-order valence-corrected chi connectivity index (χ1v) is 24.8. The van der Waals surface area contributed by atoms with Crippen molar-refractivity contribution in [1.82, 2.24) is 0 Å². The van der Waals surface area contributed by atoms with Crippen LogP contribution in [0.15, 0.2) is 112 Å². The molecule has 2 N–H and O–H groups in total. The molecule has 2 aliphatic heterocycles. The van der Waals surface area contributed by atoms with Gasteiger partial charge in [-0.25, -0.2) is 0 Å². The van der Waals surface area contributed by atoms with Crippen LogP contribution in [0.25, 0.3) is 5.57 Å². The molecule has 0 saturated carbocycles. The Morgan fingerprint density at radius 2 is 1.32 bits per heavy atom. The summed E-state index contributed by atoms with van der Waals surface area (Å²) < 4.78 is 73.3. The number of hydrogen-bond donors (Lipinski definition) is 2. The average Bonchev–Trinajstić information content (AvgIpc) is 3.51. The van der Waals surface area contributed by atoms with Crippen molar-refractivity contribution < 1.29 is 39.5 Å². The fourth-order valence-electron chi connectivity index (χ4n) is 9.41. The van der Waals surface area contributed by atoms with Gasteiger partial charge < -0.3 is 13.9 Å². The smallest absolute Gasteiger partial charge is 0.294 e. The van der Waals surface area contributed by atoms with Crippen molar-refractivity contribution in [2.24, 2.45) is 0 Å². The summed E-state index contributed by atoms with van der Waals surface area (Å²) in [5.74, 6) is 0. The lowest BCUT2D eigenvalue weighted by atomic mass is 9.79. The molecule has 12 heteroatoms. The lowest BCUT2D eigenvalue weighted by Crippen LogP contribution is -2.37. The van der Waals surface area contributed by atoms with Crippen LogP contribution >= 0.6 is 0 Å². The fourth-order valence-corrected chi connectivity index (χ4v) is 10.4. The SMILES string of the molecule is CCc1ccc(C2=C(/C=C/C3=[N+](CCC[N+](C)(C)C)c4ccc(S(=O)(=O)O)cc4C3(C)C)CCC/C2=C\C=C2\N(CCC[N+](C)(C)C)c3ccc(S(=O)(=O)O)cc3C2(C)C)cc1. The Kier molecular flexibility index (Phi) is 13.3. The van der Waals surface area contributed by atoms with E-state index in [1.807, 2.05) is 12.1 Å². The molecule has 3 aromatic carbocycles. The second-order valence-corrected chi connectivity index (χ2v) is 23.2. The maximum atomic E-state index is 12.3. The zero-order valence-electron chi connectivity index (χ0n) is 38.8. The van der Waals surface area contributed by atoms with Crippen molar-refractivity contribution in [2.75, 3.05) is 73.4 Å². The highest BCUT2D eigenvalue weighted by Gasteiger charge is 2.45. The molecular weight excluding hydrogens is 817 g/mol. The molecule has 10 nitrogen and oxygen atoms in total. The number of fused-ring (bicyclic) bond motifs is 2. The van der Waals surface area contributed by atoms with E-state index < -0.39 is 31.1 Å². The van der Waals surface area contributed by atoms with E-state index in [0.29, 0.717) is 0 Å². The predicted octanol–water partition coefficient (Wildman–Crippen LogP) is 9.11. The second kappa shape index (κ2) is 17.4. The van der Waals surface area contributed by atoms with E-state index in [0.717, 1.165) is 113 Å². The van der Waals surface area contributed by atoms with E-state index in [4.69, 9.17) is 0 Å². The number of hydrogen-bond acceptors (Lipinski definition) is 5. The molecule has 0 aromatic heterocycles. The monoisotopic (exact) mass is 885 g/mol. The zero-order chi connectivity index (χ0) is 45.6. The zero-order valence-corrected chi connectivity index (χ0v) is 40.4. The Balaban J connectivity index is 1.49. The minimum absolute atomic E-state index is 0.100. The van der Waals surface area contributed by atoms with E-state index >= 15 is 0 Å². The van der Waals surface area contributed by atoms with Crippen molar-refractivity contribution in [3.63, 3.8) is 0 Å². The lowest BCUT2D eigenvalue weighted by Gasteiger charge is -2.29. The average molecular weight is 886 g/mol. The quantitative estimate of drug-likeness (QED) is 0.0890. The standard InChI is InChI=1S/C50H67N4O6S2/c1-12-36-18-20-39(21-19-36)48-37(22-28-46-49(2,3)42-34-40(61(55,56)57)24-26-44(42)51(46)30-14-32-53(6,7)8)16-13-17-38(48)23-29-47-50(4,5)43-35-41(62(58,59)60)25-27-45(43)52(47)31-15-33-54(9,10)11/h18-29,34-35H,12-17,30-33H2,1-11H3/q+1/p+2. The van der Waals surface area contributed by atoms with E-state index in [-0.39, 0.29) is 9.79 Å². The van der Waals surface area contributed by atoms with Gasteiger partial charge in [0.1, 0.15) is 0 Å². The molecule has 0 fully saturated rings. The Morgan fingerprint density at radius 1 is 0.726 bits per heavy atom. The molecule has 0 unspecified atom stereocenters. The normalized spacial score (nSPS) is 19.3. The van der Waals surface area contributed by atoms with Crippen LogP contribution in [0.4, 0.5) is 11.4 Å². The maximum absolute atomic E-state index is 12.3. The summed E-state index contributed by atoms with van der Waals surface area (Å²) in [6, 6.07) is 18.8. The Bertz CT molecular complexity index is 2600. The summed E-state index contributed by atoms with van der Waals surface area (Å²) in [7, 11) is 4.35. The third kappa shape index (κ3) is 10.3. The van der Waals surface area contributed by atoms with E-state index in [9.17, 15) is 25.9 Å². The molecule has 3 aromatic rings. The summed E-state index contributed by atoms with van der Waals surface area (Å²) in [6.07, 6.45) is 14.5. The molecule has 0 saturated heterocycles. The third-order valence-electron chi connectivity index (χ3n) is 12.8. The van der Waals surface area contributed by atoms with Crippen LogP contribution in [-0.2, 0) is 37.5 Å². The molecule has 6 rings (SSSR count). The molecular formula is C50H69N4O6S2+3. The highest BCUT2D eigenvalue weighted by molar-refractivity contribution is 7.86. The third-order valence-corrected chi connectivity index (χ3v) is 14.5. The van der Waals surface area contributed by atoms with Crippen LogP contribution in [0.2, 0.25) is 0 Å². The van der Waals surface area contributed by atoms with Gasteiger partial charge in [0.05, 0.1) is 77.0 Å². The number of rotatable bonds is 15. The topological polar surface area (TPSA) is 115 Å². The predicted molar refractivity (Wildman–Crippen MR) is 253 cm³/mol. The molecule has 62 heavy (non-hydrogen) atoms. The number of benzene rings is 3. The molecule has 3 aliphatic rings. The molecule has 2 heterocycles. The van der Waals surface area contributed by atoms with Crippen LogP contribution in [-0.4, -0.2) is 114 Å². The highest BCUT2D eigenvalue weighted by atomic mass is 32.2. The lowest BCUT2D eigenvalue weighted by molar-refractivity contribution is -0.871. The van der Waals surface area contributed by atoms with Crippen molar-refractivity contribution in [3.8, 4) is 0 Å². The van der Waals surface area contributed by atoms with Gasteiger partial charge >= 0.3 is 0 Å². The highest BCUT2D eigenvalue weighted by Crippen LogP contribution is 2.49. The van der Waals surface area contributed by atoms with Gasteiger partial charge in [0.2, 0.25) is 5.69 Å². The van der Waals surface area contributed by atoms with Crippen LogP contribution in [0.1, 0.15) is 89.0 Å². The van der Waals surface area contributed by atoms with Crippen molar-refractivity contribution in [2.45, 2.75) is 93.8 Å². The molecule has 1 aliphatic carbocycles. The number of allylic oxidation sites excluding steroid dienone is 8. The van der Waals surface area contributed by atoms with Gasteiger partial charge in [0, 0.05) is 47.5 Å². The van der Waals surface area contributed by atoms with Crippen molar-refractivity contribution >= 4 is 42.9 Å². The number of quaternary nitrogens is 2.